The fourth-order valence-electron chi connectivity index (χ4n) is 0.857. The first-order valence-electron chi connectivity index (χ1n) is 3.33. The number of anilines is 1. The Morgan fingerprint density at radius 2 is 2.15 bits per heavy atom. The van der Waals surface area contributed by atoms with Crippen LogP contribution >= 0.6 is 12.2 Å². The van der Waals surface area contributed by atoms with Gasteiger partial charge < -0.3 is 15.8 Å². The van der Waals surface area contributed by atoms with Crippen LogP contribution in [0.3, 0.4) is 0 Å². The highest BCUT2D eigenvalue weighted by atomic mass is 32.1. The lowest BCUT2D eigenvalue weighted by atomic mass is 10.2. The summed E-state index contributed by atoms with van der Waals surface area (Å²) >= 11 is 4.62. The van der Waals surface area contributed by atoms with E-state index < -0.39 is 17.9 Å². The number of aromatic nitrogens is 2. The molecular formula is C6H7N3O3S. The SMILES string of the molecule is Nc1[nH]c(=S)[nH]c(=O)c1CC(=O)O. The highest BCUT2D eigenvalue weighted by molar-refractivity contribution is 7.71. The molecule has 0 saturated heterocycles. The summed E-state index contributed by atoms with van der Waals surface area (Å²) in [5.74, 6) is -1.13. The van der Waals surface area contributed by atoms with Crippen molar-refractivity contribution in [2.24, 2.45) is 0 Å². The number of carboxylic acids is 1. The van der Waals surface area contributed by atoms with E-state index >= 15 is 0 Å². The Bertz CT molecular complexity index is 447. The van der Waals surface area contributed by atoms with Crippen LogP contribution in [0.15, 0.2) is 4.79 Å². The Labute approximate surface area is 77.4 Å². The van der Waals surface area contributed by atoms with E-state index in [1.807, 2.05) is 0 Å². The number of H-pyrrole nitrogens is 2. The fourth-order valence-corrected chi connectivity index (χ4v) is 1.06. The first-order valence-corrected chi connectivity index (χ1v) is 3.74. The zero-order chi connectivity index (χ0) is 10.0. The van der Waals surface area contributed by atoms with Crippen LogP contribution in [-0.2, 0) is 11.2 Å². The second kappa shape index (κ2) is 3.40. The third-order valence-corrected chi connectivity index (χ3v) is 1.61. The topological polar surface area (TPSA) is 112 Å². The molecule has 1 aromatic rings. The minimum atomic E-state index is -1.12. The first-order chi connectivity index (χ1) is 6.00. The maximum Gasteiger partial charge on any atom is 0.308 e. The van der Waals surface area contributed by atoms with Crippen LogP contribution in [0.25, 0.3) is 0 Å². The van der Waals surface area contributed by atoms with Crippen molar-refractivity contribution in [3.05, 3.63) is 20.7 Å². The van der Waals surface area contributed by atoms with Gasteiger partial charge in [0, 0.05) is 0 Å². The molecule has 0 amide bonds. The average Bonchev–Trinajstić information content (AvgIpc) is 1.96. The van der Waals surface area contributed by atoms with Gasteiger partial charge in [-0.1, -0.05) is 0 Å². The molecule has 0 radical (unpaired) electrons. The van der Waals surface area contributed by atoms with Crippen molar-refractivity contribution < 1.29 is 9.90 Å². The molecule has 7 heteroatoms. The minimum Gasteiger partial charge on any atom is -0.481 e. The number of hydrogen-bond donors (Lipinski definition) is 4. The van der Waals surface area contributed by atoms with Gasteiger partial charge >= 0.3 is 5.97 Å². The normalized spacial score (nSPS) is 9.85. The van der Waals surface area contributed by atoms with Gasteiger partial charge in [-0.2, -0.15) is 0 Å². The second-order valence-electron chi connectivity index (χ2n) is 2.37. The molecule has 0 aliphatic rings. The number of aliphatic carboxylic acids is 1. The van der Waals surface area contributed by atoms with Gasteiger partial charge in [0.05, 0.1) is 12.0 Å². The van der Waals surface area contributed by atoms with Crippen LogP contribution < -0.4 is 11.3 Å². The highest BCUT2D eigenvalue weighted by Gasteiger charge is 2.09. The van der Waals surface area contributed by atoms with Crippen molar-refractivity contribution in [1.82, 2.24) is 9.97 Å². The monoisotopic (exact) mass is 201 g/mol. The van der Waals surface area contributed by atoms with Gasteiger partial charge in [-0.05, 0) is 12.2 Å². The van der Waals surface area contributed by atoms with Crippen LogP contribution in [0.4, 0.5) is 5.82 Å². The van der Waals surface area contributed by atoms with Crippen molar-refractivity contribution in [2.75, 3.05) is 5.73 Å². The summed E-state index contributed by atoms with van der Waals surface area (Å²) in [5, 5.41) is 8.44. The van der Waals surface area contributed by atoms with Gasteiger partial charge in [0.15, 0.2) is 4.77 Å². The number of rotatable bonds is 2. The molecule has 0 aliphatic heterocycles. The molecule has 13 heavy (non-hydrogen) atoms. The molecule has 0 spiro atoms. The zero-order valence-electron chi connectivity index (χ0n) is 6.46. The number of nitrogen functional groups attached to an aromatic ring is 1. The van der Waals surface area contributed by atoms with Crippen molar-refractivity contribution >= 4 is 24.0 Å². The Balaban J connectivity index is 3.29. The quantitative estimate of drug-likeness (QED) is 0.488. The van der Waals surface area contributed by atoms with E-state index in [-0.39, 0.29) is 16.2 Å². The number of hydrogen-bond acceptors (Lipinski definition) is 4. The first kappa shape index (κ1) is 9.46. The standard InChI is InChI=1S/C6H7N3O3S/c7-4-2(1-3(10)11)5(12)9-6(13)8-4/h1H2,(H,10,11)(H4,7,8,9,12,13). The molecule has 0 bridgehead atoms. The molecule has 5 N–H and O–H groups in total. The highest BCUT2D eigenvalue weighted by Crippen LogP contribution is 2.01. The lowest BCUT2D eigenvalue weighted by molar-refractivity contribution is -0.136. The molecule has 0 unspecified atom stereocenters. The Morgan fingerprint density at radius 1 is 1.54 bits per heavy atom. The Morgan fingerprint density at radius 3 is 2.62 bits per heavy atom. The summed E-state index contributed by atoms with van der Waals surface area (Å²) < 4.78 is 0.0802. The molecule has 1 heterocycles. The number of aromatic amines is 2. The van der Waals surface area contributed by atoms with Crippen molar-refractivity contribution in [1.29, 1.82) is 0 Å². The van der Waals surface area contributed by atoms with Crippen molar-refractivity contribution in [3.8, 4) is 0 Å². The van der Waals surface area contributed by atoms with E-state index in [0.29, 0.717) is 0 Å². The van der Waals surface area contributed by atoms with Gasteiger partial charge in [-0.25, -0.2) is 0 Å². The van der Waals surface area contributed by atoms with Crippen LogP contribution in [0.5, 0.6) is 0 Å². The lowest BCUT2D eigenvalue weighted by Crippen LogP contribution is -2.20. The van der Waals surface area contributed by atoms with Gasteiger partial charge in [0.25, 0.3) is 5.56 Å². The van der Waals surface area contributed by atoms with Crippen LogP contribution in [0, 0.1) is 4.77 Å². The van der Waals surface area contributed by atoms with Crippen LogP contribution in [-0.4, -0.2) is 21.0 Å². The predicted molar refractivity (Wildman–Crippen MR) is 48.0 cm³/mol. The molecule has 70 valence electrons. The van der Waals surface area contributed by atoms with Gasteiger partial charge in [-0.3, -0.25) is 14.6 Å². The summed E-state index contributed by atoms with van der Waals surface area (Å²) in [6.45, 7) is 0. The summed E-state index contributed by atoms with van der Waals surface area (Å²) in [5.41, 5.74) is 4.79. The minimum absolute atomic E-state index is 0.00356. The summed E-state index contributed by atoms with van der Waals surface area (Å²) in [7, 11) is 0. The summed E-state index contributed by atoms with van der Waals surface area (Å²) in [6.07, 6.45) is -0.423. The molecular weight excluding hydrogens is 194 g/mol. The molecule has 1 rings (SSSR count). The van der Waals surface area contributed by atoms with Crippen molar-refractivity contribution in [3.63, 3.8) is 0 Å². The third-order valence-electron chi connectivity index (χ3n) is 1.40. The Kier molecular flexibility index (Phi) is 2.47. The Hall–Kier alpha value is -1.63. The molecule has 6 nitrogen and oxygen atoms in total. The van der Waals surface area contributed by atoms with Crippen molar-refractivity contribution in [2.45, 2.75) is 6.42 Å². The van der Waals surface area contributed by atoms with E-state index in [2.05, 4.69) is 22.2 Å². The average molecular weight is 201 g/mol. The smallest absolute Gasteiger partial charge is 0.308 e. The van der Waals surface area contributed by atoms with E-state index in [1.165, 1.54) is 0 Å². The van der Waals surface area contributed by atoms with E-state index in [9.17, 15) is 9.59 Å². The largest absolute Gasteiger partial charge is 0.481 e. The molecule has 0 aromatic carbocycles. The molecule has 0 fully saturated rings. The lowest BCUT2D eigenvalue weighted by Gasteiger charge is -2.00. The molecule has 0 saturated carbocycles. The number of nitrogens with one attached hydrogen (secondary N) is 2. The fraction of sp³-hybridized carbons (Fsp3) is 0.167. The van der Waals surface area contributed by atoms with E-state index in [0.717, 1.165) is 0 Å². The number of carbonyl (C=O) groups is 1. The van der Waals surface area contributed by atoms with Crippen LogP contribution in [0.1, 0.15) is 5.56 Å². The summed E-state index contributed by atoms with van der Waals surface area (Å²) in [4.78, 5) is 26.1. The predicted octanol–water partition coefficient (Wildman–Crippen LogP) is -0.358. The van der Waals surface area contributed by atoms with E-state index in [4.69, 9.17) is 10.8 Å². The third kappa shape index (κ3) is 2.15. The second-order valence-corrected chi connectivity index (χ2v) is 2.78. The maximum absolute atomic E-state index is 11.1. The van der Waals surface area contributed by atoms with Gasteiger partial charge in [0.2, 0.25) is 0 Å². The summed E-state index contributed by atoms with van der Waals surface area (Å²) in [6, 6.07) is 0. The zero-order valence-corrected chi connectivity index (χ0v) is 7.27. The van der Waals surface area contributed by atoms with E-state index in [1.54, 1.807) is 0 Å². The number of nitrogens with two attached hydrogens (primary N) is 1. The van der Waals surface area contributed by atoms with Gasteiger partial charge in [0.1, 0.15) is 5.82 Å². The van der Waals surface area contributed by atoms with Gasteiger partial charge in [-0.15, -0.1) is 0 Å². The number of carboxylic acid groups (broad SMARTS) is 1. The maximum atomic E-state index is 11.1. The van der Waals surface area contributed by atoms with Crippen LogP contribution in [0.2, 0.25) is 0 Å². The molecule has 1 aromatic heterocycles. The molecule has 0 aliphatic carbocycles. The molecule has 0 atom stereocenters.